The van der Waals surface area contributed by atoms with Gasteiger partial charge < -0.3 is 15.0 Å². The van der Waals surface area contributed by atoms with Gasteiger partial charge in [-0.05, 0) is 44.5 Å². The van der Waals surface area contributed by atoms with Crippen molar-refractivity contribution in [2.45, 2.75) is 63.2 Å². The van der Waals surface area contributed by atoms with Gasteiger partial charge in [-0.1, -0.05) is 6.92 Å². The van der Waals surface area contributed by atoms with Crippen LogP contribution in [0.1, 0.15) is 50.4 Å². The van der Waals surface area contributed by atoms with Gasteiger partial charge in [-0.3, -0.25) is 4.79 Å². The first kappa shape index (κ1) is 22.2. The van der Waals surface area contributed by atoms with E-state index in [0.717, 1.165) is 25.9 Å². The van der Waals surface area contributed by atoms with E-state index in [1.807, 2.05) is 13.8 Å². The third-order valence-corrected chi connectivity index (χ3v) is 7.62. The third kappa shape index (κ3) is 5.57. The molecule has 0 saturated carbocycles. The van der Waals surface area contributed by atoms with Crippen LogP contribution in [0.4, 0.5) is 0 Å². The Hall–Kier alpha value is -1.48. The molecule has 2 aliphatic heterocycles. The number of hydrogen-bond acceptors (Lipinski definition) is 4. The molecule has 2 N–H and O–H groups in total. The van der Waals surface area contributed by atoms with Crippen molar-refractivity contribution in [2.75, 3.05) is 32.7 Å². The van der Waals surface area contributed by atoms with E-state index >= 15 is 0 Å². The van der Waals surface area contributed by atoms with Crippen LogP contribution in [-0.4, -0.2) is 69.6 Å². The third-order valence-electron chi connectivity index (χ3n) is 5.77. The van der Waals surface area contributed by atoms with Crippen LogP contribution in [0.3, 0.4) is 0 Å². The van der Waals surface area contributed by atoms with Crippen LogP contribution in [0.25, 0.3) is 0 Å². The van der Waals surface area contributed by atoms with E-state index in [9.17, 15) is 13.2 Å². The Bertz CT molecular complexity index is 779. The minimum absolute atomic E-state index is 0.133. The van der Waals surface area contributed by atoms with Gasteiger partial charge in [-0.2, -0.15) is 4.31 Å². The highest BCUT2D eigenvalue weighted by Crippen LogP contribution is 2.21. The molecule has 1 aromatic carbocycles. The molecule has 2 saturated heterocycles. The zero-order valence-corrected chi connectivity index (χ0v) is 18.5. The summed E-state index contributed by atoms with van der Waals surface area (Å²) in [5.74, 6) is -0.133. The molecule has 0 bridgehead atoms. The van der Waals surface area contributed by atoms with Gasteiger partial charge in [0.05, 0.1) is 36.7 Å². The van der Waals surface area contributed by atoms with Crippen LogP contribution < -0.4 is 10.2 Å². The van der Waals surface area contributed by atoms with E-state index in [0.29, 0.717) is 18.7 Å². The molecular weight excluding hydrogens is 390 g/mol. The Morgan fingerprint density at radius 3 is 2.28 bits per heavy atom. The van der Waals surface area contributed by atoms with Gasteiger partial charge in [-0.25, -0.2) is 8.42 Å². The molecule has 2 aliphatic rings. The minimum atomic E-state index is -3.59. The van der Waals surface area contributed by atoms with Crippen molar-refractivity contribution in [1.82, 2.24) is 9.62 Å². The number of morpholine rings is 1. The van der Waals surface area contributed by atoms with Crippen molar-refractivity contribution in [2.24, 2.45) is 0 Å². The molecule has 0 spiro atoms. The van der Waals surface area contributed by atoms with Gasteiger partial charge in [0.1, 0.15) is 0 Å². The quantitative estimate of drug-likeness (QED) is 0.704. The Balaban J connectivity index is 1.60. The maximum atomic E-state index is 12.9. The average molecular weight is 425 g/mol. The molecule has 3 rings (SSSR count). The van der Waals surface area contributed by atoms with Crippen LogP contribution in [-0.2, 0) is 14.8 Å². The maximum absolute atomic E-state index is 12.9. The fourth-order valence-electron chi connectivity index (χ4n) is 4.30. The van der Waals surface area contributed by atoms with E-state index in [2.05, 4.69) is 12.2 Å². The lowest BCUT2D eigenvalue weighted by atomic mass is 10.0. The number of quaternary nitrogens is 1. The van der Waals surface area contributed by atoms with Crippen LogP contribution in [0.5, 0.6) is 0 Å². The second kappa shape index (κ2) is 9.55. The fourth-order valence-corrected chi connectivity index (χ4v) is 5.89. The number of nitrogens with zero attached hydrogens (tertiary/aromatic N) is 1. The zero-order valence-electron chi connectivity index (χ0n) is 17.7. The summed E-state index contributed by atoms with van der Waals surface area (Å²) in [6.07, 6.45) is 2.89. The molecule has 0 unspecified atom stereocenters. The summed E-state index contributed by atoms with van der Waals surface area (Å²) in [6, 6.07) is 6.47. The van der Waals surface area contributed by atoms with Crippen molar-refractivity contribution in [3.63, 3.8) is 0 Å². The Kier molecular flexibility index (Phi) is 7.32. The number of amides is 1. The second-order valence-electron chi connectivity index (χ2n) is 8.35. The number of hydrogen-bond donors (Lipinski definition) is 2. The zero-order chi connectivity index (χ0) is 21.0. The smallest absolute Gasteiger partial charge is 0.251 e. The number of rotatable bonds is 6. The first-order chi connectivity index (χ1) is 13.8. The lowest BCUT2D eigenvalue weighted by Gasteiger charge is -2.34. The number of sulfonamides is 1. The molecule has 162 valence electrons. The molecule has 29 heavy (non-hydrogen) atoms. The van der Waals surface area contributed by atoms with Gasteiger partial charge in [0.25, 0.3) is 5.91 Å². The van der Waals surface area contributed by atoms with Crippen LogP contribution in [0.2, 0.25) is 0 Å². The molecule has 0 aliphatic carbocycles. The minimum Gasteiger partial charge on any atom is -0.373 e. The van der Waals surface area contributed by atoms with Crippen molar-refractivity contribution in [1.29, 1.82) is 0 Å². The van der Waals surface area contributed by atoms with Crippen molar-refractivity contribution in [3.05, 3.63) is 29.8 Å². The molecule has 7 nitrogen and oxygen atoms in total. The topological polar surface area (TPSA) is 80.2 Å². The lowest BCUT2D eigenvalue weighted by Crippen LogP contribution is -3.13. The molecule has 0 aromatic heterocycles. The molecule has 0 radical (unpaired) electrons. The molecule has 2 fully saturated rings. The number of likely N-dealkylation sites (tertiary alicyclic amines) is 1. The average Bonchev–Trinajstić information content (AvgIpc) is 2.69. The second-order valence-corrected chi connectivity index (χ2v) is 10.3. The number of carbonyl (C=O) groups is 1. The lowest BCUT2D eigenvalue weighted by molar-refractivity contribution is -0.905. The number of benzene rings is 1. The van der Waals surface area contributed by atoms with Crippen molar-refractivity contribution in [3.8, 4) is 0 Å². The first-order valence-corrected chi connectivity index (χ1v) is 12.1. The van der Waals surface area contributed by atoms with E-state index < -0.39 is 10.0 Å². The number of piperidine rings is 1. The summed E-state index contributed by atoms with van der Waals surface area (Å²) in [5.41, 5.74) is 0.496. The summed E-state index contributed by atoms with van der Waals surface area (Å²) in [7, 11) is -3.59. The first-order valence-electron chi connectivity index (χ1n) is 10.7. The van der Waals surface area contributed by atoms with Gasteiger partial charge in [0.15, 0.2) is 0 Å². The number of carbonyl (C=O) groups excluding carboxylic acids is 1. The Labute approximate surface area is 174 Å². The van der Waals surface area contributed by atoms with E-state index in [4.69, 9.17) is 4.74 Å². The summed E-state index contributed by atoms with van der Waals surface area (Å²) < 4.78 is 33.0. The predicted octanol–water partition coefficient (Wildman–Crippen LogP) is 0.672. The molecule has 8 heteroatoms. The Morgan fingerprint density at radius 2 is 1.72 bits per heavy atom. The largest absolute Gasteiger partial charge is 0.373 e. The fraction of sp³-hybridized carbons (Fsp3) is 0.667. The standard InChI is InChI=1S/C21H33N3O4S/c1-4-11-23-12-9-19(10-13-23)22-21(25)18-5-7-20(8-6-18)29(26,27)24-14-16(2)28-17(3)15-24/h5-8,16-17,19H,4,9-15H2,1-3H3,(H,22,25)/p+1/t16-,17-/m0/s1. The van der Waals surface area contributed by atoms with Gasteiger partial charge in [-0.15, -0.1) is 0 Å². The summed E-state index contributed by atoms with van der Waals surface area (Å²) >= 11 is 0. The van der Waals surface area contributed by atoms with E-state index in [1.165, 1.54) is 29.4 Å². The molecule has 1 aromatic rings. The van der Waals surface area contributed by atoms with Crippen LogP contribution in [0.15, 0.2) is 29.2 Å². The molecule has 1 amide bonds. The normalized spacial score (nSPS) is 28.8. The molecule has 2 heterocycles. The SMILES string of the molecule is CCC[NH+]1CCC(NC(=O)c2ccc(S(=O)(=O)N3C[C@H](C)O[C@@H](C)C3)cc2)CC1. The van der Waals surface area contributed by atoms with E-state index in [-0.39, 0.29) is 29.1 Å². The van der Waals surface area contributed by atoms with Gasteiger partial charge in [0, 0.05) is 37.5 Å². The van der Waals surface area contributed by atoms with Crippen LogP contribution in [0, 0.1) is 0 Å². The van der Waals surface area contributed by atoms with Crippen molar-refractivity contribution >= 4 is 15.9 Å². The summed E-state index contributed by atoms with van der Waals surface area (Å²) in [5, 5.41) is 3.10. The monoisotopic (exact) mass is 424 g/mol. The van der Waals surface area contributed by atoms with Crippen LogP contribution >= 0.6 is 0 Å². The van der Waals surface area contributed by atoms with Gasteiger partial charge in [0.2, 0.25) is 10.0 Å². The number of nitrogens with one attached hydrogen (secondary N) is 2. The Morgan fingerprint density at radius 1 is 1.14 bits per heavy atom. The number of ether oxygens (including phenoxy) is 1. The molecule has 2 atom stereocenters. The highest BCUT2D eigenvalue weighted by atomic mass is 32.2. The maximum Gasteiger partial charge on any atom is 0.251 e. The van der Waals surface area contributed by atoms with E-state index in [1.54, 1.807) is 17.0 Å². The summed E-state index contributed by atoms with van der Waals surface area (Å²) in [6.45, 7) is 10.0. The highest BCUT2D eigenvalue weighted by Gasteiger charge is 2.32. The van der Waals surface area contributed by atoms with Gasteiger partial charge >= 0.3 is 0 Å². The molecular formula is C21H34N3O4S+. The summed E-state index contributed by atoms with van der Waals surface area (Å²) in [4.78, 5) is 14.4. The van der Waals surface area contributed by atoms with Crippen molar-refractivity contribution < 1.29 is 22.8 Å². The predicted molar refractivity (Wildman–Crippen MR) is 112 cm³/mol. The highest BCUT2D eigenvalue weighted by molar-refractivity contribution is 7.89.